The SMILES string of the molecule is NC(=O)C1CCCN(C(=O)C2CCCN2C(=O)Cc2cccs2)C1. The Balaban J connectivity index is 1.64. The van der Waals surface area contributed by atoms with Crippen LogP contribution in [0.3, 0.4) is 0 Å². The van der Waals surface area contributed by atoms with Crippen LogP contribution in [0.4, 0.5) is 0 Å². The van der Waals surface area contributed by atoms with Gasteiger partial charge in [0.25, 0.3) is 0 Å². The van der Waals surface area contributed by atoms with Crippen molar-refractivity contribution in [3.63, 3.8) is 0 Å². The van der Waals surface area contributed by atoms with Crippen LogP contribution in [0.1, 0.15) is 30.6 Å². The molecular weight excluding hydrogens is 326 g/mol. The first-order chi connectivity index (χ1) is 11.6. The fourth-order valence-electron chi connectivity index (χ4n) is 3.61. The minimum Gasteiger partial charge on any atom is -0.369 e. The standard InChI is InChI=1S/C17H23N3O3S/c18-16(22)12-4-1-7-19(11-12)17(23)14-6-2-8-20(14)15(21)10-13-5-3-9-24-13/h3,5,9,12,14H,1-2,4,6-8,10-11H2,(H2,18,22). The van der Waals surface area contributed by atoms with Gasteiger partial charge in [-0.15, -0.1) is 11.3 Å². The smallest absolute Gasteiger partial charge is 0.245 e. The van der Waals surface area contributed by atoms with Gasteiger partial charge < -0.3 is 15.5 Å². The highest BCUT2D eigenvalue weighted by atomic mass is 32.1. The van der Waals surface area contributed by atoms with Crippen LogP contribution in [-0.2, 0) is 20.8 Å². The maximum absolute atomic E-state index is 12.9. The van der Waals surface area contributed by atoms with E-state index >= 15 is 0 Å². The van der Waals surface area contributed by atoms with E-state index in [4.69, 9.17) is 5.73 Å². The molecule has 3 amide bonds. The van der Waals surface area contributed by atoms with E-state index < -0.39 is 0 Å². The lowest BCUT2D eigenvalue weighted by molar-refractivity contribution is -0.145. The summed E-state index contributed by atoms with van der Waals surface area (Å²) in [5.41, 5.74) is 5.39. The Morgan fingerprint density at radius 2 is 2.00 bits per heavy atom. The van der Waals surface area contributed by atoms with Gasteiger partial charge in [0.2, 0.25) is 17.7 Å². The molecule has 2 aliphatic heterocycles. The molecule has 6 nitrogen and oxygen atoms in total. The zero-order valence-corrected chi connectivity index (χ0v) is 14.5. The molecule has 2 aliphatic rings. The monoisotopic (exact) mass is 349 g/mol. The van der Waals surface area contributed by atoms with E-state index in [1.807, 2.05) is 17.5 Å². The number of amides is 3. The van der Waals surface area contributed by atoms with Crippen LogP contribution in [0.15, 0.2) is 17.5 Å². The number of nitrogens with zero attached hydrogens (tertiary/aromatic N) is 2. The molecule has 0 aromatic carbocycles. The molecule has 0 radical (unpaired) electrons. The molecule has 2 unspecified atom stereocenters. The summed E-state index contributed by atoms with van der Waals surface area (Å²) in [5.74, 6) is -0.626. The predicted molar refractivity (Wildman–Crippen MR) is 91.3 cm³/mol. The lowest BCUT2D eigenvalue weighted by Gasteiger charge is -2.35. The lowest BCUT2D eigenvalue weighted by Crippen LogP contribution is -2.52. The minimum atomic E-state index is -0.385. The van der Waals surface area contributed by atoms with Gasteiger partial charge in [-0.1, -0.05) is 6.07 Å². The fraction of sp³-hybridized carbons (Fsp3) is 0.588. The average molecular weight is 349 g/mol. The van der Waals surface area contributed by atoms with Crippen molar-refractivity contribution in [1.29, 1.82) is 0 Å². The number of carbonyl (C=O) groups excluding carboxylic acids is 3. The Kier molecular flexibility index (Phi) is 5.18. The molecule has 0 spiro atoms. The number of thiophene rings is 1. The highest BCUT2D eigenvalue weighted by Gasteiger charge is 2.38. The molecule has 2 saturated heterocycles. The van der Waals surface area contributed by atoms with E-state index in [1.54, 1.807) is 21.1 Å². The van der Waals surface area contributed by atoms with Crippen LogP contribution in [-0.4, -0.2) is 53.2 Å². The summed E-state index contributed by atoms with van der Waals surface area (Å²) < 4.78 is 0. The molecule has 0 saturated carbocycles. The lowest BCUT2D eigenvalue weighted by atomic mass is 9.96. The average Bonchev–Trinajstić information content (AvgIpc) is 3.25. The summed E-state index contributed by atoms with van der Waals surface area (Å²) in [6, 6.07) is 3.49. The Hall–Kier alpha value is -1.89. The Morgan fingerprint density at radius 3 is 2.71 bits per heavy atom. The molecule has 1 aromatic heterocycles. The van der Waals surface area contributed by atoms with Crippen molar-refractivity contribution in [2.24, 2.45) is 11.7 Å². The maximum Gasteiger partial charge on any atom is 0.245 e. The summed E-state index contributed by atoms with van der Waals surface area (Å²) in [6.07, 6.45) is 3.43. The summed E-state index contributed by atoms with van der Waals surface area (Å²) in [5, 5.41) is 1.95. The van der Waals surface area contributed by atoms with Crippen LogP contribution in [0, 0.1) is 5.92 Å². The van der Waals surface area contributed by atoms with E-state index in [2.05, 4.69) is 0 Å². The molecule has 3 rings (SSSR count). The van der Waals surface area contributed by atoms with E-state index in [9.17, 15) is 14.4 Å². The second-order valence-corrected chi connectivity index (χ2v) is 7.56. The van der Waals surface area contributed by atoms with Crippen LogP contribution < -0.4 is 5.73 Å². The van der Waals surface area contributed by atoms with Crippen LogP contribution in [0.2, 0.25) is 0 Å². The van der Waals surface area contributed by atoms with Crippen molar-refractivity contribution in [1.82, 2.24) is 9.80 Å². The molecule has 0 bridgehead atoms. The fourth-order valence-corrected chi connectivity index (χ4v) is 4.30. The molecule has 2 atom stereocenters. The number of hydrogen-bond acceptors (Lipinski definition) is 4. The number of rotatable bonds is 4. The molecule has 7 heteroatoms. The van der Waals surface area contributed by atoms with Crippen molar-refractivity contribution in [3.05, 3.63) is 22.4 Å². The number of carbonyl (C=O) groups is 3. The highest BCUT2D eigenvalue weighted by molar-refractivity contribution is 7.10. The van der Waals surface area contributed by atoms with Crippen molar-refractivity contribution in [2.75, 3.05) is 19.6 Å². The van der Waals surface area contributed by atoms with Gasteiger partial charge in [0.05, 0.1) is 12.3 Å². The number of likely N-dealkylation sites (tertiary alicyclic amines) is 2. The normalized spacial score (nSPS) is 24.2. The zero-order valence-electron chi connectivity index (χ0n) is 13.6. The van der Waals surface area contributed by atoms with Gasteiger partial charge in [-0.25, -0.2) is 0 Å². The van der Waals surface area contributed by atoms with Gasteiger partial charge >= 0.3 is 0 Å². The van der Waals surface area contributed by atoms with E-state index in [-0.39, 0.29) is 29.7 Å². The van der Waals surface area contributed by atoms with Crippen molar-refractivity contribution in [2.45, 2.75) is 38.1 Å². The quantitative estimate of drug-likeness (QED) is 0.880. The number of nitrogens with two attached hydrogens (primary N) is 1. The maximum atomic E-state index is 12.9. The predicted octanol–water partition coefficient (Wildman–Crippen LogP) is 1.01. The number of primary amides is 1. The van der Waals surface area contributed by atoms with Gasteiger partial charge in [0, 0.05) is 24.5 Å². The molecule has 130 valence electrons. The molecule has 1 aromatic rings. The molecule has 3 heterocycles. The third kappa shape index (κ3) is 3.61. The van der Waals surface area contributed by atoms with E-state index in [0.29, 0.717) is 32.5 Å². The Morgan fingerprint density at radius 1 is 1.21 bits per heavy atom. The first-order valence-electron chi connectivity index (χ1n) is 8.46. The van der Waals surface area contributed by atoms with Crippen LogP contribution in [0.5, 0.6) is 0 Å². The molecule has 2 fully saturated rings. The Labute approximate surface area is 145 Å². The van der Waals surface area contributed by atoms with Crippen molar-refractivity contribution in [3.8, 4) is 0 Å². The second-order valence-electron chi connectivity index (χ2n) is 6.53. The van der Waals surface area contributed by atoms with Gasteiger partial charge in [0.15, 0.2) is 0 Å². The third-order valence-electron chi connectivity index (χ3n) is 4.90. The topological polar surface area (TPSA) is 83.7 Å². The van der Waals surface area contributed by atoms with Crippen LogP contribution in [0.25, 0.3) is 0 Å². The highest BCUT2D eigenvalue weighted by Crippen LogP contribution is 2.24. The van der Waals surface area contributed by atoms with Gasteiger partial charge in [-0.3, -0.25) is 14.4 Å². The first kappa shape index (κ1) is 17.0. The molecular formula is C17H23N3O3S. The molecule has 0 aliphatic carbocycles. The first-order valence-corrected chi connectivity index (χ1v) is 9.34. The summed E-state index contributed by atoms with van der Waals surface area (Å²) in [4.78, 5) is 41.3. The zero-order chi connectivity index (χ0) is 17.1. The van der Waals surface area contributed by atoms with Crippen molar-refractivity contribution >= 4 is 29.1 Å². The largest absolute Gasteiger partial charge is 0.369 e. The van der Waals surface area contributed by atoms with Crippen LogP contribution >= 0.6 is 11.3 Å². The second kappa shape index (κ2) is 7.34. The number of hydrogen-bond donors (Lipinski definition) is 1. The Bertz CT molecular complexity index is 617. The third-order valence-corrected chi connectivity index (χ3v) is 5.78. The minimum absolute atomic E-state index is 0.0109. The van der Waals surface area contributed by atoms with Gasteiger partial charge in [-0.2, -0.15) is 0 Å². The van der Waals surface area contributed by atoms with E-state index in [1.165, 1.54) is 0 Å². The number of piperidine rings is 1. The van der Waals surface area contributed by atoms with Gasteiger partial charge in [0.1, 0.15) is 6.04 Å². The molecule has 2 N–H and O–H groups in total. The summed E-state index contributed by atoms with van der Waals surface area (Å²) >= 11 is 1.56. The summed E-state index contributed by atoms with van der Waals surface area (Å²) in [7, 11) is 0. The molecule has 24 heavy (non-hydrogen) atoms. The summed E-state index contributed by atoms with van der Waals surface area (Å²) in [6.45, 7) is 1.66. The van der Waals surface area contributed by atoms with Gasteiger partial charge in [-0.05, 0) is 37.1 Å². The van der Waals surface area contributed by atoms with Crippen molar-refractivity contribution < 1.29 is 14.4 Å². The van der Waals surface area contributed by atoms with E-state index in [0.717, 1.165) is 24.1 Å².